The van der Waals surface area contributed by atoms with E-state index >= 15 is 0 Å². The third-order valence-corrected chi connectivity index (χ3v) is 4.86. The summed E-state index contributed by atoms with van der Waals surface area (Å²) < 4.78 is 2.04. The lowest BCUT2D eigenvalue weighted by atomic mass is 10.0. The largest absolute Gasteiger partial charge is 0.299 e. The normalized spacial score (nSPS) is 19.3. The zero-order valence-corrected chi connectivity index (χ0v) is 14.4. The fourth-order valence-corrected chi connectivity index (χ4v) is 3.40. The molecule has 1 unspecified atom stereocenters. The first-order valence-electron chi connectivity index (χ1n) is 8.75. The Labute approximate surface area is 139 Å². The average Bonchev–Trinajstić information content (AvgIpc) is 3.03. The van der Waals surface area contributed by atoms with Crippen LogP contribution in [0.15, 0.2) is 42.6 Å². The number of hydrogen-bond acceptors (Lipinski definition) is 3. The highest BCUT2D eigenvalue weighted by atomic mass is 15.3. The highest BCUT2D eigenvalue weighted by molar-refractivity contribution is 5.32. The summed E-state index contributed by atoms with van der Waals surface area (Å²) in [6.07, 6.45) is 5.99. The molecule has 1 aliphatic heterocycles. The van der Waals surface area contributed by atoms with Crippen molar-refractivity contribution in [3.8, 4) is 5.69 Å². The van der Waals surface area contributed by atoms with Crippen molar-refractivity contribution in [2.24, 2.45) is 0 Å². The molecule has 23 heavy (non-hydrogen) atoms. The summed E-state index contributed by atoms with van der Waals surface area (Å²) >= 11 is 0. The molecule has 0 aliphatic carbocycles. The quantitative estimate of drug-likeness (QED) is 0.819. The van der Waals surface area contributed by atoms with E-state index in [-0.39, 0.29) is 0 Å². The lowest BCUT2D eigenvalue weighted by molar-refractivity contribution is 0.140. The van der Waals surface area contributed by atoms with Crippen LogP contribution < -0.4 is 0 Å². The number of hydrogen-bond donors (Lipinski definition) is 0. The van der Waals surface area contributed by atoms with E-state index in [1.54, 1.807) is 0 Å². The molecule has 1 aromatic carbocycles. The topological polar surface area (TPSA) is 24.3 Å². The molecule has 4 heteroatoms. The number of rotatable bonds is 6. The second kappa shape index (κ2) is 7.75. The van der Waals surface area contributed by atoms with E-state index in [1.807, 2.05) is 16.9 Å². The van der Waals surface area contributed by atoms with E-state index in [1.165, 1.54) is 31.5 Å². The van der Waals surface area contributed by atoms with Crippen LogP contribution in [0.5, 0.6) is 0 Å². The van der Waals surface area contributed by atoms with Gasteiger partial charge in [-0.1, -0.05) is 24.6 Å². The molecule has 0 spiro atoms. The second-order valence-electron chi connectivity index (χ2n) is 6.69. The van der Waals surface area contributed by atoms with Crippen LogP contribution >= 0.6 is 0 Å². The first kappa shape index (κ1) is 16.2. The molecule has 1 atom stereocenters. The standard InChI is InChI=1S/C19H28N4/c1-17-8-6-7-13-22(17)15-14-21(2)16-19-11-12-20-23(19)18-9-4-3-5-10-18/h3-5,9-12,17H,6-8,13-16H2,1-2H3. The van der Waals surface area contributed by atoms with Crippen molar-refractivity contribution in [1.82, 2.24) is 19.6 Å². The summed E-state index contributed by atoms with van der Waals surface area (Å²) in [7, 11) is 2.21. The Hall–Kier alpha value is -1.65. The van der Waals surface area contributed by atoms with Crippen LogP contribution in [0.25, 0.3) is 5.69 Å². The lowest BCUT2D eigenvalue weighted by Crippen LogP contribution is -2.41. The summed E-state index contributed by atoms with van der Waals surface area (Å²) in [5.41, 5.74) is 2.37. The van der Waals surface area contributed by atoms with Gasteiger partial charge < -0.3 is 0 Å². The number of aromatic nitrogens is 2. The fraction of sp³-hybridized carbons (Fsp3) is 0.526. The third-order valence-electron chi connectivity index (χ3n) is 4.86. The molecule has 2 heterocycles. The zero-order chi connectivity index (χ0) is 16.1. The van der Waals surface area contributed by atoms with E-state index < -0.39 is 0 Å². The van der Waals surface area contributed by atoms with Gasteiger partial charge >= 0.3 is 0 Å². The molecule has 1 saturated heterocycles. The van der Waals surface area contributed by atoms with Crippen molar-refractivity contribution in [2.75, 3.05) is 26.7 Å². The smallest absolute Gasteiger partial charge is 0.0649 e. The van der Waals surface area contributed by atoms with Crippen molar-refractivity contribution in [3.05, 3.63) is 48.3 Å². The summed E-state index contributed by atoms with van der Waals surface area (Å²) in [5.74, 6) is 0. The Morgan fingerprint density at radius 3 is 2.78 bits per heavy atom. The van der Waals surface area contributed by atoms with E-state index in [0.29, 0.717) is 0 Å². The van der Waals surface area contributed by atoms with Crippen LogP contribution in [0.4, 0.5) is 0 Å². The molecule has 2 aromatic rings. The molecule has 1 fully saturated rings. The van der Waals surface area contributed by atoms with E-state index in [0.717, 1.165) is 31.4 Å². The van der Waals surface area contributed by atoms with Gasteiger partial charge in [-0.25, -0.2) is 4.68 Å². The Bertz CT molecular complexity index is 592. The Kier molecular flexibility index (Phi) is 5.47. The van der Waals surface area contributed by atoms with Crippen molar-refractivity contribution in [2.45, 2.75) is 38.8 Å². The minimum absolute atomic E-state index is 0.743. The molecule has 1 aromatic heterocycles. The van der Waals surface area contributed by atoms with Crippen LogP contribution in [-0.4, -0.2) is 52.3 Å². The van der Waals surface area contributed by atoms with Crippen LogP contribution in [0.3, 0.4) is 0 Å². The molecule has 1 aliphatic rings. The molecule has 0 N–H and O–H groups in total. The molecular weight excluding hydrogens is 284 g/mol. The number of benzene rings is 1. The number of likely N-dealkylation sites (tertiary alicyclic amines) is 1. The number of para-hydroxylation sites is 1. The van der Waals surface area contributed by atoms with Gasteiger partial charge in [0.05, 0.1) is 11.4 Å². The van der Waals surface area contributed by atoms with Crippen LogP contribution in [0.1, 0.15) is 31.9 Å². The predicted molar refractivity (Wildman–Crippen MR) is 94.8 cm³/mol. The molecule has 0 radical (unpaired) electrons. The molecular formula is C19H28N4. The SMILES string of the molecule is CC1CCCCN1CCN(C)Cc1ccnn1-c1ccccc1. The summed E-state index contributed by atoms with van der Waals surface area (Å²) in [5, 5.41) is 4.48. The molecule has 0 bridgehead atoms. The molecule has 4 nitrogen and oxygen atoms in total. The first-order chi connectivity index (χ1) is 11.2. The maximum atomic E-state index is 4.48. The highest BCUT2D eigenvalue weighted by Crippen LogP contribution is 2.16. The summed E-state index contributed by atoms with van der Waals surface area (Å²) in [4.78, 5) is 5.03. The van der Waals surface area contributed by atoms with Gasteiger partial charge in [-0.05, 0) is 51.6 Å². The van der Waals surface area contributed by atoms with E-state index in [4.69, 9.17) is 0 Å². The molecule has 124 valence electrons. The predicted octanol–water partition coefficient (Wildman–Crippen LogP) is 3.18. The van der Waals surface area contributed by atoms with Crippen LogP contribution in [0, 0.1) is 0 Å². The molecule has 3 rings (SSSR count). The van der Waals surface area contributed by atoms with Crippen molar-refractivity contribution in [1.29, 1.82) is 0 Å². The number of nitrogens with zero attached hydrogens (tertiary/aromatic N) is 4. The third kappa shape index (κ3) is 4.21. The van der Waals surface area contributed by atoms with Gasteiger partial charge in [0.2, 0.25) is 0 Å². The van der Waals surface area contributed by atoms with Crippen LogP contribution in [-0.2, 0) is 6.54 Å². The van der Waals surface area contributed by atoms with Gasteiger partial charge in [0.1, 0.15) is 0 Å². The minimum atomic E-state index is 0.743. The van der Waals surface area contributed by atoms with E-state index in [9.17, 15) is 0 Å². The Balaban J connectivity index is 1.56. The van der Waals surface area contributed by atoms with Gasteiger partial charge in [-0.2, -0.15) is 5.10 Å². The monoisotopic (exact) mass is 312 g/mol. The van der Waals surface area contributed by atoms with Crippen molar-refractivity contribution < 1.29 is 0 Å². The lowest BCUT2D eigenvalue weighted by Gasteiger charge is -2.34. The van der Waals surface area contributed by atoms with Gasteiger partial charge in [0, 0.05) is 31.9 Å². The van der Waals surface area contributed by atoms with Gasteiger partial charge in [0.25, 0.3) is 0 Å². The fourth-order valence-electron chi connectivity index (χ4n) is 3.40. The van der Waals surface area contributed by atoms with Gasteiger partial charge in [0.15, 0.2) is 0 Å². The van der Waals surface area contributed by atoms with Crippen LogP contribution in [0.2, 0.25) is 0 Å². The summed E-state index contributed by atoms with van der Waals surface area (Å²) in [6, 6.07) is 13.2. The Morgan fingerprint density at radius 1 is 1.17 bits per heavy atom. The maximum Gasteiger partial charge on any atom is 0.0649 e. The summed E-state index contributed by atoms with van der Waals surface area (Å²) in [6.45, 7) is 6.82. The highest BCUT2D eigenvalue weighted by Gasteiger charge is 2.18. The first-order valence-corrected chi connectivity index (χ1v) is 8.75. The van der Waals surface area contributed by atoms with Gasteiger partial charge in [-0.3, -0.25) is 9.80 Å². The Morgan fingerprint density at radius 2 is 2.00 bits per heavy atom. The molecule has 0 saturated carbocycles. The van der Waals surface area contributed by atoms with E-state index in [2.05, 4.69) is 59.2 Å². The number of piperidine rings is 1. The zero-order valence-electron chi connectivity index (χ0n) is 14.4. The maximum absolute atomic E-state index is 4.48. The minimum Gasteiger partial charge on any atom is -0.299 e. The van der Waals surface area contributed by atoms with Crippen molar-refractivity contribution >= 4 is 0 Å². The number of likely N-dealkylation sites (N-methyl/N-ethyl adjacent to an activating group) is 1. The average molecular weight is 312 g/mol. The van der Waals surface area contributed by atoms with Gasteiger partial charge in [-0.15, -0.1) is 0 Å². The molecule has 0 amide bonds. The second-order valence-corrected chi connectivity index (χ2v) is 6.69. The van der Waals surface area contributed by atoms with Crippen molar-refractivity contribution in [3.63, 3.8) is 0 Å².